The standard InChI is InChI=1S/C11H18N2.C2H6/c1-2-3-8-12-10-7-11-6-4-5-9-13-11;1-2/h4-6,9,12H,2-3,7-8,10H2,1H3;1-2H3. The molecule has 0 radical (unpaired) electrons. The highest BCUT2D eigenvalue weighted by Gasteiger charge is 1.91. The van der Waals surface area contributed by atoms with Gasteiger partial charge >= 0.3 is 0 Å². The van der Waals surface area contributed by atoms with Crippen molar-refractivity contribution in [2.75, 3.05) is 13.1 Å². The Balaban J connectivity index is 0.000000921. The van der Waals surface area contributed by atoms with E-state index >= 15 is 0 Å². The summed E-state index contributed by atoms with van der Waals surface area (Å²) >= 11 is 0. The molecule has 1 rings (SSSR count). The van der Waals surface area contributed by atoms with Crippen LogP contribution in [0, 0.1) is 0 Å². The largest absolute Gasteiger partial charge is 0.316 e. The van der Waals surface area contributed by atoms with Gasteiger partial charge in [-0.15, -0.1) is 0 Å². The first kappa shape index (κ1) is 14.1. The van der Waals surface area contributed by atoms with Crippen molar-refractivity contribution in [1.29, 1.82) is 0 Å². The summed E-state index contributed by atoms with van der Waals surface area (Å²) in [4.78, 5) is 4.26. The van der Waals surface area contributed by atoms with Crippen LogP contribution in [0.2, 0.25) is 0 Å². The van der Waals surface area contributed by atoms with Gasteiger partial charge in [-0.2, -0.15) is 0 Å². The smallest absolute Gasteiger partial charge is 0.0416 e. The zero-order chi connectivity index (χ0) is 11.4. The van der Waals surface area contributed by atoms with Crippen LogP contribution in [-0.4, -0.2) is 18.1 Å². The Morgan fingerprint density at radius 2 is 2.00 bits per heavy atom. The van der Waals surface area contributed by atoms with E-state index in [1.807, 2.05) is 32.2 Å². The van der Waals surface area contributed by atoms with Gasteiger partial charge in [-0.1, -0.05) is 33.3 Å². The molecule has 0 unspecified atom stereocenters. The highest BCUT2D eigenvalue weighted by atomic mass is 14.8. The van der Waals surface area contributed by atoms with Crippen molar-refractivity contribution < 1.29 is 0 Å². The van der Waals surface area contributed by atoms with Gasteiger partial charge in [-0.25, -0.2) is 0 Å². The second-order valence-electron chi connectivity index (χ2n) is 3.17. The van der Waals surface area contributed by atoms with Crippen molar-refractivity contribution >= 4 is 0 Å². The second-order valence-corrected chi connectivity index (χ2v) is 3.17. The minimum atomic E-state index is 1.03. The maximum absolute atomic E-state index is 4.26. The molecular weight excluding hydrogens is 184 g/mol. The van der Waals surface area contributed by atoms with Crippen molar-refractivity contribution in [3.63, 3.8) is 0 Å². The summed E-state index contributed by atoms with van der Waals surface area (Å²) in [6, 6.07) is 6.06. The van der Waals surface area contributed by atoms with Gasteiger partial charge < -0.3 is 5.32 Å². The molecule has 0 atom stereocenters. The molecule has 0 saturated heterocycles. The van der Waals surface area contributed by atoms with E-state index in [9.17, 15) is 0 Å². The lowest BCUT2D eigenvalue weighted by Gasteiger charge is -2.02. The lowest BCUT2D eigenvalue weighted by atomic mass is 10.2. The van der Waals surface area contributed by atoms with Gasteiger partial charge in [-0.05, 0) is 25.1 Å². The SMILES string of the molecule is CC.CCCCNCCc1ccccn1. The molecular formula is C13H24N2. The van der Waals surface area contributed by atoms with Crippen molar-refractivity contribution in [3.8, 4) is 0 Å². The number of unbranched alkanes of at least 4 members (excludes halogenated alkanes) is 1. The Kier molecular flexibility index (Phi) is 10.5. The molecule has 0 aliphatic carbocycles. The van der Waals surface area contributed by atoms with Gasteiger partial charge in [-0.3, -0.25) is 4.98 Å². The van der Waals surface area contributed by atoms with E-state index in [-0.39, 0.29) is 0 Å². The molecule has 0 fully saturated rings. The first-order chi connectivity index (χ1) is 7.43. The summed E-state index contributed by atoms with van der Waals surface area (Å²) in [5.41, 5.74) is 1.17. The lowest BCUT2D eigenvalue weighted by molar-refractivity contribution is 0.636. The molecule has 0 amide bonds. The van der Waals surface area contributed by atoms with E-state index < -0.39 is 0 Å². The number of rotatable bonds is 6. The van der Waals surface area contributed by atoms with Crippen LogP contribution in [0.1, 0.15) is 39.3 Å². The highest BCUT2D eigenvalue weighted by molar-refractivity contribution is 5.03. The van der Waals surface area contributed by atoms with Crippen molar-refractivity contribution in [3.05, 3.63) is 30.1 Å². The van der Waals surface area contributed by atoms with E-state index in [0.717, 1.165) is 19.5 Å². The van der Waals surface area contributed by atoms with Crippen LogP contribution in [0.3, 0.4) is 0 Å². The third kappa shape index (κ3) is 8.13. The zero-order valence-electron chi connectivity index (χ0n) is 10.3. The molecule has 0 bridgehead atoms. The fraction of sp³-hybridized carbons (Fsp3) is 0.615. The van der Waals surface area contributed by atoms with Crippen LogP contribution in [0.5, 0.6) is 0 Å². The van der Waals surface area contributed by atoms with Crippen LogP contribution in [0.4, 0.5) is 0 Å². The third-order valence-corrected chi connectivity index (χ3v) is 1.99. The molecule has 0 saturated carbocycles. The van der Waals surface area contributed by atoms with Crippen molar-refractivity contribution in [1.82, 2.24) is 10.3 Å². The van der Waals surface area contributed by atoms with Crippen molar-refractivity contribution in [2.24, 2.45) is 0 Å². The number of hydrogen-bond acceptors (Lipinski definition) is 2. The van der Waals surface area contributed by atoms with Crippen LogP contribution in [-0.2, 0) is 6.42 Å². The van der Waals surface area contributed by atoms with Gasteiger partial charge in [0.05, 0.1) is 0 Å². The average molecular weight is 208 g/mol. The predicted octanol–water partition coefficient (Wildman–Crippen LogP) is 3.04. The maximum Gasteiger partial charge on any atom is 0.0416 e. The van der Waals surface area contributed by atoms with Crippen LogP contribution in [0.25, 0.3) is 0 Å². The molecule has 2 nitrogen and oxygen atoms in total. The molecule has 1 N–H and O–H groups in total. The van der Waals surface area contributed by atoms with Gasteiger partial charge in [0.25, 0.3) is 0 Å². The predicted molar refractivity (Wildman–Crippen MR) is 67.1 cm³/mol. The zero-order valence-corrected chi connectivity index (χ0v) is 10.3. The first-order valence-corrected chi connectivity index (χ1v) is 6.04. The average Bonchev–Trinajstić information content (AvgIpc) is 2.33. The fourth-order valence-electron chi connectivity index (χ4n) is 1.19. The van der Waals surface area contributed by atoms with Gasteiger partial charge in [0, 0.05) is 24.9 Å². The first-order valence-electron chi connectivity index (χ1n) is 6.04. The molecule has 2 heteroatoms. The molecule has 0 aliphatic heterocycles. The minimum Gasteiger partial charge on any atom is -0.316 e. The third-order valence-electron chi connectivity index (χ3n) is 1.99. The molecule has 0 spiro atoms. The summed E-state index contributed by atoms with van der Waals surface area (Å²) in [5.74, 6) is 0. The van der Waals surface area contributed by atoms with E-state index in [1.54, 1.807) is 0 Å². The van der Waals surface area contributed by atoms with E-state index in [4.69, 9.17) is 0 Å². The highest BCUT2D eigenvalue weighted by Crippen LogP contribution is 1.93. The van der Waals surface area contributed by atoms with E-state index in [1.165, 1.54) is 18.5 Å². The van der Waals surface area contributed by atoms with Crippen LogP contribution in [0.15, 0.2) is 24.4 Å². The maximum atomic E-state index is 4.26. The Labute approximate surface area is 94.1 Å². The molecule has 0 aliphatic rings. The Morgan fingerprint density at radius 3 is 2.60 bits per heavy atom. The summed E-state index contributed by atoms with van der Waals surface area (Å²) in [6.07, 6.45) is 5.41. The Bertz CT molecular complexity index is 209. The number of pyridine rings is 1. The quantitative estimate of drug-likeness (QED) is 0.727. The fourth-order valence-corrected chi connectivity index (χ4v) is 1.19. The van der Waals surface area contributed by atoms with Gasteiger partial charge in [0.1, 0.15) is 0 Å². The van der Waals surface area contributed by atoms with Gasteiger partial charge in [0.2, 0.25) is 0 Å². The van der Waals surface area contributed by atoms with Crippen LogP contribution < -0.4 is 5.32 Å². The van der Waals surface area contributed by atoms with E-state index in [2.05, 4.69) is 23.3 Å². The summed E-state index contributed by atoms with van der Waals surface area (Å²) in [5, 5.41) is 3.39. The van der Waals surface area contributed by atoms with Crippen molar-refractivity contribution in [2.45, 2.75) is 40.0 Å². The summed E-state index contributed by atoms with van der Waals surface area (Å²) in [6.45, 7) is 8.38. The number of nitrogens with zero attached hydrogens (tertiary/aromatic N) is 1. The molecule has 1 aromatic rings. The minimum absolute atomic E-state index is 1.03. The number of aromatic nitrogens is 1. The summed E-state index contributed by atoms with van der Waals surface area (Å²) < 4.78 is 0. The molecule has 15 heavy (non-hydrogen) atoms. The molecule has 86 valence electrons. The normalized spacial score (nSPS) is 9.27. The monoisotopic (exact) mass is 208 g/mol. The Morgan fingerprint density at radius 1 is 1.20 bits per heavy atom. The molecule has 1 aromatic heterocycles. The lowest BCUT2D eigenvalue weighted by Crippen LogP contribution is -2.18. The molecule has 1 heterocycles. The number of hydrogen-bond donors (Lipinski definition) is 1. The molecule has 0 aromatic carbocycles. The van der Waals surface area contributed by atoms with Crippen LogP contribution >= 0.6 is 0 Å². The Hall–Kier alpha value is -0.890. The van der Waals surface area contributed by atoms with E-state index in [0.29, 0.717) is 0 Å². The topological polar surface area (TPSA) is 24.9 Å². The second kappa shape index (κ2) is 11.2. The summed E-state index contributed by atoms with van der Waals surface area (Å²) in [7, 11) is 0. The van der Waals surface area contributed by atoms with Gasteiger partial charge in [0.15, 0.2) is 0 Å². The number of nitrogens with one attached hydrogen (secondary N) is 1.